The van der Waals surface area contributed by atoms with Crippen LogP contribution >= 0.6 is 13.4 Å². The second-order valence-corrected chi connectivity index (χ2v) is 6.45. The third-order valence-electron chi connectivity index (χ3n) is 4.60. The van der Waals surface area contributed by atoms with E-state index in [9.17, 15) is 0 Å². The Labute approximate surface area is 217 Å². The molecule has 4 aromatic rings. The fourth-order valence-electron chi connectivity index (χ4n) is 3.18. The molecule has 0 fully saturated rings. The molecule has 0 radical (unpaired) electrons. The summed E-state index contributed by atoms with van der Waals surface area (Å²) in [7, 11) is 0. The van der Waals surface area contributed by atoms with E-state index in [1.807, 2.05) is 36.4 Å². The Morgan fingerprint density at radius 3 is 1.12 bits per heavy atom. The molecule has 4 rings (SSSR count). The molecule has 0 saturated carbocycles. The van der Waals surface area contributed by atoms with Crippen LogP contribution in [0, 0.1) is 33.8 Å². The summed E-state index contributed by atoms with van der Waals surface area (Å²) in [6.45, 7) is 17.7. The quantitative estimate of drug-likeness (QED) is 0.175. The van der Waals surface area contributed by atoms with Gasteiger partial charge in [0.15, 0.2) is 0 Å². The van der Waals surface area contributed by atoms with E-state index in [2.05, 4.69) is 95.8 Å². The standard InChI is InChI=1S/C24H20N2.3CO.BrH.Re/c1-17-9-3-5-11-19(17)21-13-7-15-23(25-21)24-16-8-14-22(26-24)20-12-6-4-10-18(20)2;3*1-2;;/h3-16H,1-2H3;;;;1H;/q;;;;;+1/p-1. The predicted molar refractivity (Wildman–Crippen MR) is 129 cm³/mol. The maximum atomic E-state index is 7.50. The molecule has 2 aromatic carbocycles. The van der Waals surface area contributed by atoms with Gasteiger partial charge in [-0.3, -0.25) is 0 Å². The van der Waals surface area contributed by atoms with Crippen LogP contribution in [0.4, 0.5) is 0 Å². The molecular weight excluding hydrogens is 666 g/mol. The molecule has 0 aliphatic carbocycles. The summed E-state index contributed by atoms with van der Waals surface area (Å²) >= 11 is 4.53. The van der Waals surface area contributed by atoms with Gasteiger partial charge in [0, 0.05) is 11.1 Å². The summed E-state index contributed by atoms with van der Waals surface area (Å²) < 4.78 is 22.5. The van der Waals surface area contributed by atoms with E-state index in [1.165, 1.54) is 28.3 Å². The van der Waals surface area contributed by atoms with Crippen molar-refractivity contribution in [3.8, 4) is 33.9 Å². The number of aromatic nitrogens is 2. The van der Waals surface area contributed by atoms with Crippen LogP contribution in [0.2, 0.25) is 0 Å². The van der Waals surface area contributed by atoms with E-state index in [1.54, 1.807) is 0 Å². The van der Waals surface area contributed by atoms with E-state index in [-0.39, 0.29) is 0 Å². The van der Waals surface area contributed by atoms with Crippen LogP contribution in [-0.2, 0) is 31.1 Å². The molecule has 0 aliphatic rings. The molecule has 5 nitrogen and oxygen atoms in total. The topological polar surface area (TPSA) is 85.5 Å². The van der Waals surface area contributed by atoms with E-state index in [4.69, 9.17) is 23.9 Å². The van der Waals surface area contributed by atoms with Crippen molar-refractivity contribution in [2.75, 3.05) is 0 Å². The van der Waals surface area contributed by atoms with Crippen molar-refractivity contribution in [2.45, 2.75) is 13.8 Å². The van der Waals surface area contributed by atoms with Crippen LogP contribution in [0.15, 0.2) is 84.9 Å². The van der Waals surface area contributed by atoms with E-state index >= 15 is 0 Å². The fourth-order valence-corrected chi connectivity index (χ4v) is 3.18. The molecule has 0 spiro atoms. The van der Waals surface area contributed by atoms with E-state index in [0.717, 1.165) is 33.9 Å². The first kappa shape index (κ1) is 31.1. The molecule has 170 valence electrons. The average Bonchev–Trinajstić information content (AvgIpc) is 2.94. The third-order valence-corrected chi connectivity index (χ3v) is 4.60. The minimum atomic E-state index is 0.890. The zero-order valence-electron chi connectivity index (χ0n) is 18.5. The van der Waals surface area contributed by atoms with Crippen molar-refractivity contribution in [3.63, 3.8) is 0 Å². The molecule has 0 atom stereocenters. The Morgan fingerprint density at radius 2 is 0.794 bits per heavy atom. The summed E-state index contributed by atoms with van der Waals surface area (Å²) in [5.41, 5.74) is 8.49. The van der Waals surface area contributed by atoms with Gasteiger partial charge in [0.2, 0.25) is 0 Å². The Hall–Kier alpha value is -2.90. The van der Waals surface area contributed by atoms with Crippen molar-refractivity contribution >= 4 is 13.4 Å². The number of nitrogens with zero attached hydrogens (tertiary/aromatic N) is 2. The fraction of sp³-hybridized carbons (Fsp3) is 0.0741. The van der Waals surface area contributed by atoms with Crippen LogP contribution in [-0.4, -0.2) is 9.97 Å². The Balaban J connectivity index is 0.00000124. The molecule has 2 aromatic heterocycles. The van der Waals surface area contributed by atoms with Gasteiger partial charge in [0.05, 0.1) is 22.8 Å². The van der Waals surface area contributed by atoms with Crippen LogP contribution in [0.5, 0.6) is 0 Å². The number of benzene rings is 2. The van der Waals surface area contributed by atoms with Crippen LogP contribution in [0.1, 0.15) is 11.1 Å². The van der Waals surface area contributed by atoms with Crippen molar-refractivity contribution in [1.82, 2.24) is 9.97 Å². The van der Waals surface area contributed by atoms with E-state index < -0.39 is 0 Å². The molecule has 7 heteroatoms. The van der Waals surface area contributed by atoms with Gasteiger partial charge in [-0.2, -0.15) is 0 Å². The van der Waals surface area contributed by atoms with Crippen LogP contribution in [0.3, 0.4) is 0 Å². The van der Waals surface area contributed by atoms with Crippen LogP contribution < -0.4 is 0 Å². The van der Waals surface area contributed by atoms with Gasteiger partial charge in [0.25, 0.3) is 0 Å². The molecular formula is C27H20BrN2O3Re. The Bertz CT molecular complexity index is 1120. The first-order chi connectivity index (χ1) is 16.7. The first-order valence-electron chi connectivity index (χ1n) is 9.54. The zero-order chi connectivity index (χ0) is 25.9. The second-order valence-electron chi connectivity index (χ2n) is 6.45. The van der Waals surface area contributed by atoms with Crippen molar-refractivity contribution in [2.24, 2.45) is 0 Å². The van der Waals surface area contributed by atoms with Gasteiger partial charge in [-0.15, -0.1) is 0 Å². The normalized spacial score (nSPS) is 8.53. The Morgan fingerprint density at radius 1 is 0.500 bits per heavy atom. The van der Waals surface area contributed by atoms with E-state index in [0.29, 0.717) is 0 Å². The third kappa shape index (κ3) is 8.80. The monoisotopic (exact) mass is 686 g/mol. The molecule has 0 N–H and O–H groups in total. The molecule has 34 heavy (non-hydrogen) atoms. The average molecular weight is 687 g/mol. The summed E-state index contributed by atoms with van der Waals surface area (Å²) in [5.74, 6) is 0. The number of hydrogen-bond acceptors (Lipinski definition) is 2. The first-order valence-corrected chi connectivity index (χ1v) is 15.5. The van der Waals surface area contributed by atoms with Gasteiger partial charge in [-0.1, -0.05) is 60.7 Å². The predicted octanol–water partition coefficient (Wildman–Crippen LogP) is 6.83. The molecule has 2 heterocycles. The zero-order valence-corrected chi connectivity index (χ0v) is 22.8. The second kappa shape index (κ2) is 18.5. The maximum absolute atomic E-state index is 7.50. The van der Waals surface area contributed by atoms with Gasteiger partial charge in [-0.05, 0) is 49.2 Å². The SMILES string of the molecule is Cc1ccccc1-c1cccc(-c2cccc(-c3ccccc3C)n2)n1.[Br][Re].[C-]#[O+].[C-]#[O+].[C-]#[O+]. The molecule has 0 unspecified atom stereocenters. The summed E-state index contributed by atoms with van der Waals surface area (Å²) in [6, 6.07) is 28.9. The summed E-state index contributed by atoms with van der Waals surface area (Å²) in [4.78, 5) is 9.74. The Kier molecular flexibility index (Phi) is 16.9. The van der Waals surface area contributed by atoms with Crippen molar-refractivity contribution in [1.29, 1.82) is 0 Å². The summed E-state index contributed by atoms with van der Waals surface area (Å²) in [5, 5.41) is 0. The summed E-state index contributed by atoms with van der Waals surface area (Å²) in [6.07, 6.45) is 0. The number of rotatable bonds is 3. The molecule has 0 saturated heterocycles. The minimum absolute atomic E-state index is 0.890. The van der Waals surface area contributed by atoms with Gasteiger partial charge < -0.3 is 0 Å². The molecule has 0 aliphatic heterocycles. The molecule has 0 bridgehead atoms. The van der Waals surface area contributed by atoms with Gasteiger partial charge >= 0.3 is 64.5 Å². The van der Waals surface area contributed by atoms with Gasteiger partial charge in [0.1, 0.15) is 0 Å². The van der Waals surface area contributed by atoms with Crippen molar-refractivity contribution < 1.29 is 31.1 Å². The number of hydrogen-bond donors (Lipinski definition) is 0. The number of aryl methyl sites for hydroxylation is 2. The molecule has 0 amide bonds. The van der Waals surface area contributed by atoms with Crippen LogP contribution in [0.25, 0.3) is 33.9 Å². The number of halogens is 1. The van der Waals surface area contributed by atoms with Gasteiger partial charge in [-0.25, -0.2) is 9.97 Å². The number of pyridine rings is 2. The van der Waals surface area contributed by atoms with Crippen molar-refractivity contribution in [3.05, 3.63) is 116 Å².